The summed E-state index contributed by atoms with van der Waals surface area (Å²) in [4.78, 5) is 20.1. The van der Waals surface area contributed by atoms with Gasteiger partial charge in [0.1, 0.15) is 0 Å². The number of rotatable bonds is 3. The number of amides is 1. The highest BCUT2D eigenvalue weighted by Gasteiger charge is 2.48. The number of benzene rings is 1. The first-order chi connectivity index (χ1) is 12.9. The van der Waals surface area contributed by atoms with E-state index in [2.05, 4.69) is 15.3 Å². The summed E-state index contributed by atoms with van der Waals surface area (Å²) in [5.41, 5.74) is 2.55. The molecule has 0 unspecified atom stereocenters. The van der Waals surface area contributed by atoms with Gasteiger partial charge >= 0.3 is 6.18 Å². The molecular formula is C19H18F3N3OS. The molecule has 2 N–H and O–H groups in total. The minimum Gasteiger partial charge on any atom is -0.360 e. The second-order valence-electron chi connectivity index (χ2n) is 6.81. The summed E-state index contributed by atoms with van der Waals surface area (Å²) in [5, 5.41) is 5.73. The van der Waals surface area contributed by atoms with Crippen molar-refractivity contribution in [2.24, 2.45) is 11.8 Å². The van der Waals surface area contributed by atoms with Crippen molar-refractivity contribution >= 4 is 33.3 Å². The van der Waals surface area contributed by atoms with Crippen molar-refractivity contribution < 1.29 is 18.0 Å². The summed E-state index contributed by atoms with van der Waals surface area (Å²) >= 11 is 1.22. The molecule has 8 heteroatoms. The molecule has 0 radical (unpaired) electrons. The predicted molar refractivity (Wildman–Crippen MR) is 99.5 cm³/mol. The predicted octanol–water partition coefficient (Wildman–Crippen LogP) is 5.60. The van der Waals surface area contributed by atoms with E-state index in [4.69, 9.17) is 0 Å². The Balaban J connectivity index is 1.53. The Kier molecular flexibility index (Phi) is 4.67. The fourth-order valence-electron chi connectivity index (χ4n) is 3.77. The smallest absolute Gasteiger partial charge is 0.360 e. The number of halogens is 3. The lowest BCUT2D eigenvalue weighted by atomic mass is 9.78. The summed E-state index contributed by atoms with van der Waals surface area (Å²) < 4.78 is 39.7. The van der Waals surface area contributed by atoms with Gasteiger partial charge in [-0.2, -0.15) is 13.2 Å². The van der Waals surface area contributed by atoms with Crippen molar-refractivity contribution in [2.45, 2.75) is 31.9 Å². The molecule has 27 heavy (non-hydrogen) atoms. The van der Waals surface area contributed by atoms with E-state index in [1.165, 1.54) is 11.3 Å². The highest BCUT2D eigenvalue weighted by atomic mass is 32.1. The summed E-state index contributed by atoms with van der Waals surface area (Å²) in [6.07, 6.45) is -1.08. The number of nitrogens with zero attached hydrogens (tertiary/aromatic N) is 1. The fourth-order valence-corrected chi connectivity index (χ4v) is 4.49. The van der Waals surface area contributed by atoms with Crippen LogP contribution in [-0.4, -0.2) is 22.1 Å². The largest absolute Gasteiger partial charge is 0.392 e. The van der Waals surface area contributed by atoms with E-state index < -0.39 is 23.9 Å². The summed E-state index contributed by atoms with van der Waals surface area (Å²) in [6, 6.07) is 7.77. The lowest BCUT2D eigenvalue weighted by Gasteiger charge is -2.31. The molecule has 0 bridgehead atoms. The van der Waals surface area contributed by atoms with Crippen LogP contribution >= 0.6 is 11.3 Å². The second-order valence-corrected chi connectivity index (χ2v) is 7.67. The Hall–Kier alpha value is -2.35. The van der Waals surface area contributed by atoms with Gasteiger partial charge < -0.3 is 10.3 Å². The first-order valence-electron chi connectivity index (χ1n) is 8.83. The van der Waals surface area contributed by atoms with Gasteiger partial charge in [-0.05, 0) is 18.9 Å². The molecule has 1 saturated carbocycles. The third-order valence-electron chi connectivity index (χ3n) is 5.12. The molecule has 4 rings (SSSR count). The Labute approximate surface area is 157 Å². The van der Waals surface area contributed by atoms with Crippen LogP contribution in [0.3, 0.4) is 0 Å². The molecule has 1 aliphatic rings. The van der Waals surface area contributed by atoms with E-state index in [1.54, 1.807) is 5.38 Å². The topological polar surface area (TPSA) is 57.8 Å². The van der Waals surface area contributed by atoms with Crippen molar-refractivity contribution in [3.63, 3.8) is 0 Å². The number of fused-ring (bicyclic) bond motifs is 1. The number of para-hydroxylation sites is 1. The van der Waals surface area contributed by atoms with Gasteiger partial charge in [0.2, 0.25) is 5.91 Å². The number of hydrogen-bond acceptors (Lipinski definition) is 3. The summed E-state index contributed by atoms with van der Waals surface area (Å²) in [5.74, 6) is -3.20. The van der Waals surface area contributed by atoms with E-state index in [0.717, 1.165) is 16.5 Å². The van der Waals surface area contributed by atoms with Crippen LogP contribution in [0.4, 0.5) is 18.3 Å². The van der Waals surface area contributed by atoms with Gasteiger partial charge in [-0.3, -0.25) is 4.79 Å². The third kappa shape index (κ3) is 3.58. The van der Waals surface area contributed by atoms with Crippen molar-refractivity contribution in [2.75, 3.05) is 5.32 Å². The molecule has 1 aliphatic carbocycles. The number of carbonyl (C=O) groups is 1. The highest BCUT2D eigenvalue weighted by Crippen LogP contribution is 2.42. The monoisotopic (exact) mass is 393 g/mol. The molecule has 0 aliphatic heterocycles. The van der Waals surface area contributed by atoms with Crippen LogP contribution < -0.4 is 5.32 Å². The molecule has 1 aromatic carbocycles. The zero-order chi connectivity index (χ0) is 19.0. The molecule has 142 valence electrons. The SMILES string of the molecule is O=C(Nc1nc(-c2c[nH]c3ccccc23)cs1)[C@H]1CCCC[C@H]1C(F)(F)F. The summed E-state index contributed by atoms with van der Waals surface area (Å²) in [7, 11) is 0. The van der Waals surface area contributed by atoms with Crippen LogP contribution in [0.15, 0.2) is 35.8 Å². The number of H-pyrrole nitrogens is 1. The van der Waals surface area contributed by atoms with Crippen LogP contribution in [0, 0.1) is 11.8 Å². The average Bonchev–Trinajstić information content (AvgIpc) is 3.27. The first-order valence-corrected chi connectivity index (χ1v) is 9.71. The molecule has 3 aromatic rings. The molecule has 2 atom stereocenters. The Bertz CT molecular complexity index is 962. The number of aromatic amines is 1. The molecule has 1 amide bonds. The molecular weight excluding hydrogens is 375 g/mol. The number of aromatic nitrogens is 2. The normalized spacial score (nSPS) is 20.7. The summed E-state index contributed by atoms with van der Waals surface area (Å²) in [6.45, 7) is 0. The molecule has 0 spiro atoms. The second kappa shape index (κ2) is 6.99. The lowest BCUT2D eigenvalue weighted by molar-refractivity contribution is -0.197. The van der Waals surface area contributed by atoms with Crippen molar-refractivity contribution in [1.29, 1.82) is 0 Å². The number of thiazole rings is 1. The quantitative estimate of drug-likeness (QED) is 0.609. The number of anilines is 1. The van der Waals surface area contributed by atoms with Crippen LogP contribution in [0.2, 0.25) is 0 Å². The molecule has 2 heterocycles. The van der Waals surface area contributed by atoms with Gasteiger partial charge in [-0.1, -0.05) is 31.0 Å². The molecule has 4 nitrogen and oxygen atoms in total. The van der Waals surface area contributed by atoms with Crippen LogP contribution in [-0.2, 0) is 4.79 Å². The number of nitrogens with one attached hydrogen (secondary N) is 2. The highest BCUT2D eigenvalue weighted by molar-refractivity contribution is 7.14. The van der Waals surface area contributed by atoms with E-state index in [1.807, 2.05) is 30.5 Å². The van der Waals surface area contributed by atoms with Gasteiger partial charge in [0.05, 0.1) is 11.6 Å². The maximum Gasteiger partial charge on any atom is 0.392 e. The minimum atomic E-state index is -4.35. The standard InChI is InChI=1S/C19H18F3N3OS/c20-19(21,22)14-7-3-1-6-12(14)17(26)25-18-24-16(10-27-18)13-9-23-15-8-4-2-5-11(13)15/h2,4-5,8-10,12,14,23H,1,3,6-7H2,(H,24,25,26)/t12-,14+/m0/s1. The Morgan fingerprint density at radius 2 is 2.00 bits per heavy atom. The van der Waals surface area contributed by atoms with Crippen LogP contribution in [0.5, 0.6) is 0 Å². The fraction of sp³-hybridized carbons (Fsp3) is 0.368. The van der Waals surface area contributed by atoms with Gasteiger partial charge in [-0.15, -0.1) is 11.3 Å². The lowest BCUT2D eigenvalue weighted by Crippen LogP contribution is -2.39. The Morgan fingerprint density at radius 1 is 1.22 bits per heavy atom. The van der Waals surface area contributed by atoms with Crippen LogP contribution in [0.25, 0.3) is 22.2 Å². The number of hydrogen-bond donors (Lipinski definition) is 2. The number of carbonyl (C=O) groups excluding carboxylic acids is 1. The average molecular weight is 393 g/mol. The van der Waals surface area contributed by atoms with E-state index in [-0.39, 0.29) is 12.8 Å². The number of alkyl halides is 3. The van der Waals surface area contributed by atoms with E-state index >= 15 is 0 Å². The third-order valence-corrected chi connectivity index (χ3v) is 5.88. The van der Waals surface area contributed by atoms with Crippen molar-refractivity contribution in [3.05, 3.63) is 35.8 Å². The van der Waals surface area contributed by atoms with Gasteiger partial charge in [0.25, 0.3) is 0 Å². The first kappa shape index (κ1) is 18.0. The van der Waals surface area contributed by atoms with E-state index in [9.17, 15) is 18.0 Å². The molecule has 0 saturated heterocycles. The maximum absolute atomic E-state index is 13.2. The van der Waals surface area contributed by atoms with Gasteiger partial charge in [0, 0.05) is 34.0 Å². The molecule has 1 fully saturated rings. The van der Waals surface area contributed by atoms with Crippen molar-refractivity contribution in [3.8, 4) is 11.3 Å². The van der Waals surface area contributed by atoms with Gasteiger partial charge in [0.15, 0.2) is 5.13 Å². The zero-order valence-electron chi connectivity index (χ0n) is 14.3. The zero-order valence-corrected chi connectivity index (χ0v) is 15.2. The Morgan fingerprint density at radius 3 is 2.81 bits per heavy atom. The van der Waals surface area contributed by atoms with E-state index in [0.29, 0.717) is 23.7 Å². The van der Waals surface area contributed by atoms with Gasteiger partial charge in [-0.25, -0.2) is 4.98 Å². The van der Waals surface area contributed by atoms with Crippen LogP contribution in [0.1, 0.15) is 25.7 Å². The maximum atomic E-state index is 13.2. The molecule has 2 aromatic heterocycles. The minimum absolute atomic E-state index is 0.0139. The van der Waals surface area contributed by atoms with Crippen molar-refractivity contribution in [1.82, 2.24) is 9.97 Å².